The maximum Gasteiger partial charge on any atom is 0.343 e. The molecule has 30 heavy (non-hydrogen) atoms. The van der Waals surface area contributed by atoms with E-state index in [1.165, 1.54) is 0 Å². The molecule has 1 unspecified atom stereocenters. The molecule has 0 saturated carbocycles. The summed E-state index contributed by atoms with van der Waals surface area (Å²) in [4.78, 5) is 30.4. The van der Waals surface area contributed by atoms with Crippen molar-refractivity contribution < 1.29 is 19.7 Å². The normalized spacial score (nSPS) is 19.3. The number of hydrogen-bond donors (Lipinski definition) is 2. The Morgan fingerprint density at radius 1 is 1.23 bits per heavy atom. The number of hydrogen-bond acceptors (Lipinski definition) is 6. The van der Waals surface area contributed by atoms with E-state index in [0.29, 0.717) is 29.1 Å². The number of esters is 1. The predicted octanol–water partition coefficient (Wildman–Crippen LogP) is 0.611. The Kier molecular flexibility index (Phi) is 4.13. The summed E-state index contributed by atoms with van der Waals surface area (Å²) in [5.74, 6) is -0.725. The molecule has 1 aromatic carbocycles. The van der Waals surface area contributed by atoms with E-state index < -0.39 is 11.6 Å². The van der Waals surface area contributed by atoms with E-state index >= 15 is 0 Å². The van der Waals surface area contributed by atoms with Crippen molar-refractivity contribution in [1.29, 1.82) is 0 Å². The molecule has 152 valence electrons. The van der Waals surface area contributed by atoms with Gasteiger partial charge in [-0.3, -0.25) is 4.79 Å². The van der Waals surface area contributed by atoms with Gasteiger partial charge in [0, 0.05) is 16.5 Å². The molecule has 5 rings (SSSR count). The smallest absolute Gasteiger partial charge is 0.343 e. The molecule has 0 bridgehead atoms. The van der Waals surface area contributed by atoms with Crippen molar-refractivity contribution in [3.8, 4) is 11.4 Å². The van der Waals surface area contributed by atoms with Gasteiger partial charge < -0.3 is 19.4 Å². The summed E-state index contributed by atoms with van der Waals surface area (Å²) in [5.41, 5.74) is 3.51. The average molecular weight is 404 g/mol. The number of aliphatic hydroxyl groups is 1. The standard InChI is InChI=1S/C22H21BN2O5/c1-3-12-13-7-11(23-29)5-6-17(13)24-19-14(12)9-25-18(19)8-16-15(20(25)26)10-30-21(27)22(16,28)4-2/h5-8,23,28-29H,3-4,9-10H2,1-2H3. The molecule has 2 N–H and O–H groups in total. The van der Waals surface area contributed by atoms with Gasteiger partial charge >= 0.3 is 13.5 Å². The highest BCUT2D eigenvalue weighted by atomic mass is 16.6. The van der Waals surface area contributed by atoms with Crippen molar-refractivity contribution in [2.45, 2.75) is 45.4 Å². The minimum atomic E-state index is -1.83. The number of carbonyl (C=O) groups is 1. The topological polar surface area (TPSA) is 102 Å². The van der Waals surface area contributed by atoms with Crippen LogP contribution in [0.2, 0.25) is 0 Å². The van der Waals surface area contributed by atoms with E-state index in [1.54, 1.807) is 17.6 Å². The second-order valence-electron chi connectivity index (χ2n) is 7.88. The lowest BCUT2D eigenvalue weighted by Gasteiger charge is -2.31. The minimum Gasteiger partial charge on any atom is -0.458 e. The largest absolute Gasteiger partial charge is 0.458 e. The molecule has 3 aromatic rings. The van der Waals surface area contributed by atoms with E-state index in [1.807, 2.05) is 18.2 Å². The van der Waals surface area contributed by atoms with Crippen LogP contribution in [0.25, 0.3) is 22.3 Å². The maximum atomic E-state index is 13.3. The first-order valence-electron chi connectivity index (χ1n) is 10.1. The zero-order chi connectivity index (χ0) is 21.2. The van der Waals surface area contributed by atoms with E-state index in [0.717, 1.165) is 33.9 Å². The monoisotopic (exact) mass is 404 g/mol. The number of rotatable bonds is 3. The van der Waals surface area contributed by atoms with Gasteiger partial charge in [0.25, 0.3) is 5.56 Å². The van der Waals surface area contributed by atoms with Crippen LogP contribution in [0.5, 0.6) is 0 Å². The second-order valence-corrected chi connectivity index (χ2v) is 7.88. The Bertz CT molecular complexity index is 1300. The SMILES string of the molecule is CCc1c2c(nc3ccc(BO)cc13)-c1cc3c(c(=O)n1C2)COC(=O)C3(O)CC. The molecule has 0 amide bonds. The molecule has 0 radical (unpaired) electrons. The predicted molar refractivity (Wildman–Crippen MR) is 113 cm³/mol. The van der Waals surface area contributed by atoms with Crippen molar-refractivity contribution in [3.63, 3.8) is 0 Å². The third kappa shape index (κ3) is 2.37. The fraction of sp³-hybridized carbons (Fsp3) is 0.318. The minimum absolute atomic E-state index is 0.0494. The molecule has 2 aromatic heterocycles. The number of ether oxygens (including phenoxy) is 1. The van der Waals surface area contributed by atoms with Crippen LogP contribution in [-0.4, -0.2) is 33.1 Å². The summed E-state index contributed by atoms with van der Waals surface area (Å²) in [6.45, 7) is 3.99. The third-order valence-electron chi connectivity index (χ3n) is 6.41. The lowest BCUT2D eigenvalue weighted by Crippen LogP contribution is -2.44. The lowest BCUT2D eigenvalue weighted by atomic mass is 9.85. The Hall–Kier alpha value is -2.97. The molecule has 0 spiro atoms. The number of aryl methyl sites for hydroxylation is 1. The van der Waals surface area contributed by atoms with Gasteiger partial charge in [-0.05, 0) is 30.5 Å². The Labute approximate surface area is 173 Å². The van der Waals surface area contributed by atoms with Crippen molar-refractivity contribution in [2.24, 2.45) is 0 Å². The second kappa shape index (κ2) is 6.52. The van der Waals surface area contributed by atoms with Crippen LogP contribution in [0.3, 0.4) is 0 Å². The number of aromatic nitrogens is 2. The van der Waals surface area contributed by atoms with Gasteiger partial charge in [0.05, 0.1) is 29.0 Å². The molecule has 7 nitrogen and oxygen atoms in total. The fourth-order valence-electron chi connectivity index (χ4n) is 4.71. The summed E-state index contributed by atoms with van der Waals surface area (Å²) in [6.07, 6.45) is 0.864. The number of cyclic esters (lactones) is 1. The first kappa shape index (κ1) is 19.0. The first-order chi connectivity index (χ1) is 14.4. The first-order valence-corrected chi connectivity index (χ1v) is 10.1. The Morgan fingerprint density at radius 3 is 2.73 bits per heavy atom. The van der Waals surface area contributed by atoms with Crippen molar-refractivity contribution >= 4 is 29.8 Å². The molecule has 0 saturated heterocycles. The Balaban J connectivity index is 1.81. The van der Waals surface area contributed by atoms with E-state index in [4.69, 9.17) is 9.72 Å². The van der Waals surface area contributed by atoms with E-state index in [2.05, 4.69) is 6.92 Å². The molecule has 0 aliphatic carbocycles. The number of fused-ring (bicyclic) bond motifs is 5. The van der Waals surface area contributed by atoms with Crippen LogP contribution in [0, 0.1) is 0 Å². The average Bonchev–Trinajstić information content (AvgIpc) is 3.13. The van der Waals surface area contributed by atoms with Crippen LogP contribution in [0.15, 0.2) is 29.1 Å². The molecular formula is C22H21BN2O5. The summed E-state index contributed by atoms with van der Waals surface area (Å²) < 4.78 is 6.77. The van der Waals surface area contributed by atoms with Gasteiger partial charge in [0.15, 0.2) is 5.60 Å². The molecule has 8 heteroatoms. The van der Waals surface area contributed by atoms with E-state index in [-0.39, 0.29) is 26.1 Å². The molecule has 4 heterocycles. The molecule has 2 aliphatic heterocycles. The van der Waals surface area contributed by atoms with Crippen LogP contribution in [-0.2, 0) is 34.7 Å². The van der Waals surface area contributed by atoms with Crippen LogP contribution in [0.1, 0.15) is 42.5 Å². The summed E-state index contributed by atoms with van der Waals surface area (Å²) in [5, 5.41) is 21.5. The summed E-state index contributed by atoms with van der Waals surface area (Å²) in [6, 6.07) is 7.38. The lowest BCUT2D eigenvalue weighted by molar-refractivity contribution is -0.172. The van der Waals surface area contributed by atoms with Crippen LogP contribution in [0.4, 0.5) is 0 Å². The molecule has 1 atom stereocenters. The highest BCUT2D eigenvalue weighted by Gasteiger charge is 2.45. The molecule has 0 fully saturated rings. The van der Waals surface area contributed by atoms with Crippen molar-refractivity contribution in [2.75, 3.05) is 0 Å². The van der Waals surface area contributed by atoms with Gasteiger partial charge in [0.2, 0.25) is 0 Å². The van der Waals surface area contributed by atoms with E-state index in [9.17, 15) is 19.7 Å². The quantitative estimate of drug-likeness (QED) is 0.383. The van der Waals surface area contributed by atoms with Crippen LogP contribution >= 0.6 is 0 Å². The van der Waals surface area contributed by atoms with Crippen molar-refractivity contribution in [3.05, 3.63) is 56.9 Å². The van der Waals surface area contributed by atoms with Gasteiger partial charge in [-0.15, -0.1) is 0 Å². The zero-order valence-electron chi connectivity index (χ0n) is 16.9. The van der Waals surface area contributed by atoms with Gasteiger partial charge in [-0.25, -0.2) is 9.78 Å². The highest BCUT2D eigenvalue weighted by molar-refractivity contribution is 6.46. The number of nitrogens with zero attached hydrogens (tertiary/aromatic N) is 2. The zero-order valence-corrected chi connectivity index (χ0v) is 16.9. The number of carbonyl (C=O) groups excluding carboxylic acids is 1. The van der Waals surface area contributed by atoms with Gasteiger partial charge in [-0.1, -0.05) is 31.4 Å². The van der Waals surface area contributed by atoms with Gasteiger partial charge in [0.1, 0.15) is 6.61 Å². The van der Waals surface area contributed by atoms with Gasteiger partial charge in [-0.2, -0.15) is 0 Å². The van der Waals surface area contributed by atoms with Crippen LogP contribution < -0.4 is 11.0 Å². The third-order valence-corrected chi connectivity index (χ3v) is 6.41. The Morgan fingerprint density at radius 2 is 2.03 bits per heavy atom. The summed E-state index contributed by atoms with van der Waals surface area (Å²) >= 11 is 0. The van der Waals surface area contributed by atoms with Crippen molar-refractivity contribution in [1.82, 2.24) is 9.55 Å². The molecule has 2 aliphatic rings. The maximum absolute atomic E-state index is 13.3. The fourth-order valence-corrected chi connectivity index (χ4v) is 4.71. The number of benzene rings is 1. The molecular weight excluding hydrogens is 383 g/mol. The summed E-state index contributed by atoms with van der Waals surface area (Å²) in [7, 11) is -0.0494. The highest BCUT2D eigenvalue weighted by Crippen LogP contribution is 2.40. The number of pyridine rings is 2.